The molecule has 1 aliphatic carbocycles. The number of nitrogens with zero attached hydrogens (tertiary/aromatic N) is 2. The zero-order valence-electron chi connectivity index (χ0n) is 20.0. The Morgan fingerprint density at radius 2 is 1.63 bits per heavy atom. The average Bonchev–Trinajstić information content (AvgIpc) is 3.62. The summed E-state index contributed by atoms with van der Waals surface area (Å²) in [4.78, 5) is 37.5. The number of morpholine rings is 1. The molecule has 2 fully saturated rings. The molecular formula is C26H32N4O5. The van der Waals surface area contributed by atoms with Gasteiger partial charge in [0.2, 0.25) is 11.8 Å². The first-order chi connectivity index (χ1) is 16.8. The second-order valence-corrected chi connectivity index (χ2v) is 9.32. The molecule has 3 amide bonds. The third-order valence-corrected chi connectivity index (χ3v) is 6.42. The molecule has 1 heterocycles. The van der Waals surface area contributed by atoms with Crippen LogP contribution in [0.15, 0.2) is 48.5 Å². The first-order valence-electron chi connectivity index (χ1n) is 11.8. The van der Waals surface area contributed by atoms with E-state index in [1.165, 1.54) is 19.9 Å². The van der Waals surface area contributed by atoms with Crippen molar-refractivity contribution in [3.8, 4) is 16.9 Å². The first-order valence-corrected chi connectivity index (χ1v) is 11.8. The Morgan fingerprint density at radius 3 is 2.20 bits per heavy atom. The van der Waals surface area contributed by atoms with Crippen molar-refractivity contribution in [1.29, 1.82) is 0 Å². The van der Waals surface area contributed by atoms with E-state index in [1.54, 1.807) is 12.1 Å². The maximum Gasteiger partial charge on any atom is 0.272 e. The van der Waals surface area contributed by atoms with Crippen LogP contribution in [-0.4, -0.2) is 74.1 Å². The topological polar surface area (TPSA) is 114 Å². The summed E-state index contributed by atoms with van der Waals surface area (Å²) in [6.07, 6.45) is 1.93. The van der Waals surface area contributed by atoms with E-state index < -0.39 is 24.1 Å². The van der Waals surface area contributed by atoms with E-state index >= 15 is 0 Å². The summed E-state index contributed by atoms with van der Waals surface area (Å²) in [7, 11) is 1.42. The predicted octanol–water partition coefficient (Wildman–Crippen LogP) is 1.82. The fourth-order valence-corrected chi connectivity index (χ4v) is 4.17. The number of hydrogen-bond acceptors (Lipinski definition) is 6. The highest BCUT2D eigenvalue weighted by Crippen LogP contribution is 2.46. The fourth-order valence-electron chi connectivity index (χ4n) is 4.17. The second-order valence-electron chi connectivity index (χ2n) is 9.32. The van der Waals surface area contributed by atoms with Crippen molar-refractivity contribution >= 4 is 17.7 Å². The van der Waals surface area contributed by atoms with E-state index in [-0.39, 0.29) is 5.41 Å². The molecule has 2 aliphatic rings. The number of nitrogens with one attached hydrogen (secondary N) is 1. The number of carbonyl (C=O) groups excluding carboxylic acids is 3. The molecule has 0 atom stereocenters. The Labute approximate surface area is 205 Å². The molecule has 0 bridgehead atoms. The summed E-state index contributed by atoms with van der Waals surface area (Å²) in [6.45, 7) is 5.44. The van der Waals surface area contributed by atoms with E-state index in [1.807, 2.05) is 36.4 Å². The van der Waals surface area contributed by atoms with Gasteiger partial charge in [0.05, 0.1) is 19.8 Å². The maximum absolute atomic E-state index is 12.5. The van der Waals surface area contributed by atoms with Crippen LogP contribution >= 0.6 is 0 Å². The molecule has 0 aromatic heterocycles. The SMILES string of the molecule is CN(NC(=O)CC(N)=O)C(=O)c1ccc(-c2ccc(OCC3(CN4CCOCC4)CC3)cc2)cc1. The lowest BCUT2D eigenvalue weighted by molar-refractivity contribution is -0.129. The van der Waals surface area contributed by atoms with Gasteiger partial charge in [-0.15, -0.1) is 0 Å². The normalized spacial score (nSPS) is 16.8. The van der Waals surface area contributed by atoms with Crippen LogP contribution in [-0.2, 0) is 14.3 Å². The first kappa shape index (κ1) is 24.7. The predicted molar refractivity (Wildman–Crippen MR) is 130 cm³/mol. The molecule has 0 spiro atoms. The lowest BCUT2D eigenvalue weighted by Gasteiger charge is -2.30. The van der Waals surface area contributed by atoms with Crippen molar-refractivity contribution in [2.75, 3.05) is 46.5 Å². The highest BCUT2D eigenvalue weighted by Gasteiger charge is 2.44. The maximum atomic E-state index is 12.5. The molecule has 0 radical (unpaired) electrons. The molecule has 0 unspecified atom stereocenters. The quantitative estimate of drug-likeness (QED) is 0.418. The molecule has 2 aromatic carbocycles. The van der Waals surface area contributed by atoms with Gasteiger partial charge in [-0.05, 0) is 48.2 Å². The molecule has 35 heavy (non-hydrogen) atoms. The largest absolute Gasteiger partial charge is 0.493 e. The van der Waals surface area contributed by atoms with E-state index in [2.05, 4.69) is 10.3 Å². The summed E-state index contributed by atoms with van der Waals surface area (Å²) >= 11 is 0. The molecule has 9 nitrogen and oxygen atoms in total. The second kappa shape index (κ2) is 10.9. The Bertz CT molecular complexity index is 1040. The van der Waals surface area contributed by atoms with Crippen LogP contribution in [0.2, 0.25) is 0 Å². The van der Waals surface area contributed by atoms with Crippen molar-refractivity contribution in [3.63, 3.8) is 0 Å². The summed E-state index contributed by atoms with van der Waals surface area (Å²) in [5.74, 6) is -0.948. The van der Waals surface area contributed by atoms with Gasteiger partial charge in [-0.25, -0.2) is 0 Å². The van der Waals surface area contributed by atoms with Gasteiger partial charge in [0.25, 0.3) is 5.91 Å². The molecule has 1 saturated heterocycles. The molecular weight excluding hydrogens is 448 g/mol. The Hall–Kier alpha value is -3.43. The highest BCUT2D eigenvalue weighted by molar-refractivity contribution is 5.99. The van der Waals surface area contributed by atoms with E-state index in [9.17, 15) is 14.4 Å². The zero-order valence-corrected chi connectivity index (χ0v) is 20.0. The standard InChI is InChI=1S/C26H32N4O5/c1-29(28-24(32)16-23(27)31)25(33)21-4-2-19(3-5-21)20-6-8-22(9-7-20)35-18-26(10-11-26)17-30-12-14-34-15-13-30/h2-9H,10-18H2,1H3,(H2,27,31)(H,28,32). The number of hydrazine groups is 1. The van der Waals surface area contributed by atoms with Gasteiger partial charge in [-0.3, -0.25) is 29.7 Å². The number of ether oxygens (including phenoxy) is 2. The molecule has 1 saturated carbocycles. The van der Waals surface area contributed by atoms with Gasteiger partial charge in [-0.2, -0.15) is 0 Å². The van der Waals surface area contributed by atoms with Gasteiger partial charge in [0, 0.05) is 37.7 Å². The monoisotopic (exact) mass is 480 g/mol. The van der Waals surface area contributed by atoms with Crippen LogP contribution in [0.5, 0.6) is 5.75 Å². The molecule has 4 rings (SSSR count). The molecule has 1 aliphatic heterocycles. The van der Waals surface area contributed by atoms with Gasteiger partial charge < -0.3 is 15.2 Å². The highest BCUT2D eigenvalue weighted by atomic mass is 16.5. The summed E-state index contributed by atoms with van der Waals surface area (Å²) in [5.41, 5.74) is 9.97. The van der Waals surface area contributed by atoms with E-state index in [4.69, 9.17) is 15.2 Å². The lowest BCUT2D eigenvalue weighted by atomic mass is 10.0. The number of nitrogens with two attached hydrogens (primary N) is 1. The number of primary amides is 1. The summed E-state index contributed by atoms with van der Waals surface area (Å²) < 4.78 is 11.6. The fraction of sp³-hybridized carbons (Fsp3) is 0.423. The van der Waals surface area contributed by atoms with Gasteiger partial charge in [0.15, 0.2) is 0 Å². The number of amides is 3. The smallest absolute Gasteiger partial charge is 0.272 e. The van der Waals surface area contributed by atoms with Crippen LogP contribution < -0.4 is 15.9 Å². The van der Waals surface area contributed by atoms with Crippen molar-refractivity contribution in [3.05, 3.63) is 54.1 Å². The van der Waals surface area contributed by atoms with Gasteiger partial charge in [0.1, 0.15) is 12.2 Å². The Morgan fingerprint density at radius 1 is 1.03 bits per heavy atom. The van der Waals surface area contributed by atoms with Crippen LogP contribution in [0.1, 0.15) is 29.6 Å². The third kappa shape index (κ3) is 6.80. The third-order valence-electron chi connectivity index (χ3n) is 6.42. The molecule has 9 heteroatoms. The average molecular weight is 481 g/mol. The number of carbonyl (C=O) groups is 3. The lowest BCUT2D eigenvalue weighted by Crippen LogP contribution is -2.44. The van der Waals surface area contributed by atoms with Crippen LogP contribution in [0.25, 0.3) is 11.1 Å². The minimum atomic E-state index is -0.760. The van der Waals surface area contributed by atoms with Crippen molar-refractivity contribution < 1.29 is 23.9 Å². The van der Waals surface area contributed by atoms with Crippen molar-refractivity contribution in [2.45, 2.75) is 19.3 Å². The van der Waals surface area contributed by atoms with Gasteiger partial charge in [-0.1, -0.05) is 24.3 Å². The van der Waals surface area contributed by atoms with Crippen molar-refractivity contribution in [2.24, 2.45) is 11.1 Å². The van der Waals surface area contributed by atoms with E-state index in [0.29, 0.717) is 5.56 Å². The summed E-state index contributed by atoms with van der Waals surface area (Å²) in [5, 5.41) is 1.04. The number of benzene rings is 2. The number of rotatable bonds is 9. The van der Waals surface area contributed by atoms with Crippen LogP contribution in [0.3, 0.4) is 0 Å². The molecule has 3 N–H and O–H groups in total. The minimum Gasteiger partial charge on any atom is -0.493 e. The Balaban J connectivity index is 1.29. The molecule has 2 aromatic rings. The van der Waals surface area contributed by atoms with Crippen LogP contribution in [0.4, 0.5) is 0 Å². The minimum absolute atomic E-state index is 0.269. The Kier molecular flexibility index (Phi) is 7.67. The summed E-state index contributed by atoms with van der Waals surface area (Å²) in [6, 6.07) is 15.0. The zero-order chi connectivity index (χ0) is 24.8. The van der Waals surface area contributed by atoms with Crippen LogP contribution in [0, 0.1) is 5.41 Å². The van der Waals surface area contributed by atoms with E-state index in [0.717, 1.165) is 61.3 Å². The van der Waals surface area contributed by atoms with Crippen molar-refractivity contribution in [1.82, 2.24) is 15.3 Å². The molecule has 186 valence electrons. The van der Waals surface area contributed by atoms with Gasteiger partial charge >= 0.3 is 0 Å². The number of hydrogen-bond donors (Lipinski definition) is 2.